The fourth-order valence-electron chi connectivity index (χ4n) is 1.85. The molecule has 114 valence electrons. The molecule has 1 aromatic heterocycles. The molecule has 0 atom stereocenters. The largest absolute Gasteiger partial charge is 0.497 e. The molecule has 0 unspecified atom stereocenters. The fourth-order valence-corrected chi connectivity index (χ4v) is 1.85. The Morgan fingerprint density at radius 3 is 2.91 bits per heavy atom. The molecule has 0 spiro atoms. The van der Waals surface area contributed by atoms with E-state index in [0.717, 1.165) is 11.4 Å². The van der Waals surface area contributed by atoms with Crippen molar-refractivity contribution >= 4 is 17.4 Å². The molecule has 2 aromatic rings. The monoisotopic (exact) mass is 298 g/mol. The van der Waals surface area contributed by atoms with Crippen molar-refractivity contribution in [3.63, 3.8) is 0 Å². The van der Waals surface area contributed by atoms with E-state index in [1.165, 1.54) is 0 Å². The van der Waals surface area contributed by atoms with Gasteiger partial charge in [-0.15, -0.1) is 6.58 Å². The van der Waals surface area contributed by atoms with Crippen molar-refractivity contribution in [2.45, 2.75) is 6.92 Å². The summed E-state index contributed by atoms with van der Waals surface area (Å²) in [6, 6.07) is 9.05. The van der Waals surface area contributed by atoms with Crippen LogP contribution in [-0.4, -0.2) is 29.5 Å². The van der Waals surface area contributed by atoms with Gasteiger partial charge in [0.05, 0.1) is 7.11 Å². The Morgan fingerprint density at radius 2 is 2.18 bits per heavy atom. The molecule has 0 fully saturated rings. The first-order valence-electron chi connectivity index (χ1n) is 6.78. The fraction of sp³-hybridized carbons (Fsp3) is 0.188. The van der Waals surface area contributed by atoms with Crippen LogP contribution in [0.25, 0.3) is 0 Å². The lowest BCUT2D eigenvalue weighted by Crippen LogP contribution is -2.24. The molecule has 0 aliphatic heterocycles. The number of amides is 1. The number of hydrogen-bond donors (Lipinski definition) is 2. The van der Waals surface area contributed by atoms with E-state index < -0.39 is 0 Å². The third kappa shape index (κ3) is 4.05. The molecule has 0 bridgehead atoms. The Morgan fingerprint density at radius 1 is 1.36 bits per heavy atom. The minimum Gasteiger partial charge on any atom is -0.497 e. The van der Waals surface area contributed by atoms with E-state index >= 15 is 0 Å². The van der Waals surface area contributed by atoms with E-state index in [-0.39, 0.29) is 5.91 Å². The van der Waals surface area contributed by atoms with Crippen molar-refractivity contribution in [1.29, 1.82) is 0 Å². The van der Waals surface area contributed by atoms with Crippen LogP contribution in [0.4, 0.5) is 11.5 Å². The number of aromatic nitrogens is 2. The molecule has 1 aromatic carbocycles. The van der Waals surface area contributed by atoms with Crippen LogP contribution >= 0.6 is 0 Å². The molecule has 0 radical (unpaired) electrons. The zero-order valence-electron chi connectivity index (χ0n) is 12.6. The molecule has 0 saturated heterocycles. The predicted octanol–water partition coefficient (Wildman–Crippen LogP) is 2.45. The summed E-state index contributed by atoms with van der Waals surface area (Å²) in [6.07, 6.45) is 1.61. The van der Waals surface area contributed by atoms with Gasteiger partial charge in [0.2, 0.25) is 0 Å². The van der Waals surface area contributed by atoms with E-state index in [2.05, 4.69) is 27.2 Å². The van der Waals surface area contributed by atoms with Gasteiger partial charge in [-0.3, -0.25) is 4.79 Å². The van der Waals surface area contributed by atoms with Crippen molar-refractivity contribution in [1.82, 2.24) is 15.3 Å². The summed E-state index contributed by atoms with van der Waals surface area (Å²) < 4.78 is 5.18. The molecule has 2 rings (SSSR count). The van der Waals surface area contributed by atoms with Crippen LogP contribution in [0.1, 0.15) is 16.3 Å². The number of ether oxygens (including phenoxy) is 1. The smallest absolute Gasteiger partial charge is 0.270 e. The maximum absolute atomic E-state index is 12.0. The van der Waals surface area contributed by atoms with Crippen molar-refractivity contribution in [3.8, 4) is 5.75 Å². The van der Waals surface area contributed by atoms with Gasteiger partial charge in [-0.25, -0.2) is 9.97 Å². The van der Waals surface area contributed by atoms with Crippen molar-refractivity contribution < 1.29 is 9.53 Å². The van der Waals surface area contributed by atoms with Gasteiger partial charge in [-0.1, -0.05) is 12.1 Å². The molecule has 6 heteroatoms. The van der Waals surface area contributed by atoms with Gasteiger partial charge in [0, 0.05) is 24.4 Å². The van der Waals surface area contributed by atoms with Crippen LogP contribution in [0.2, 0.25) is 0 Å². The maximum atomic E-state index is 12.0. The van der Waals surface area contributed by atoms with E-state index in [0.29, 0.717) is 23.9 Å². The van der Waals surface area contributed by atoms with E-state index in [1.54, 1.807) is 26.2 Å². The number of nitrogens with one attached hydrogen (secondary N) is 2. The van der Waals surface area contributed by atoms with E-state index in [1.807, 2.05) is 24.3 Å². The Bertz CT molecular complexity index is 686. The Balaban J connectivity index is 2.22. The summed E-state index contributed by atoms with van der Waals surface area (Å²) in [4.78, 5) is 20.4. The SMILES string of the molecule is C=CCNC(=O)c1cc(Nc2cccc(OC)c2)nc(C)n1. The number of nitrogens with zero attached hydrogens (tertiary/aromatic N) is 2. The first-order valence-corrected chi connectivity index (χ1v) is 6.78. The molecule has 0 saturated carbocycles. The van der Waals surface area contributed by atoms with Gasteiger partial charge >= 0.3 is 0 Å². The minimum absolute atomic E-state index is 0.265. The first-order chi connectivity index (χ1) is 10.6. The molecule has 6 nitrogen and oxygen atoms in total. The number of carbonyl (C=O) groups excluding carboxylic acids is 1. The number of hydrogen-bond acceptors (Lipinski definition) is 5. The molecule has 1 heterocycles. The molecule has 0 aliphatic carbocycles. The minimum atomic E-state index is -0.265. The number of methoxy groups -OCH3 is 1. The Labute approximate surface area is 129 Å². The molecular weight excluding hydrogens is 280 g/mol. The highest BCUT2D eigenvalue weighted by atomic mass is 16.5. The summed E-state index contributed by atoms with van der Waals surface area (Å²) in [7, 11) is 1.61. The van der Waals surface area contributed by atoms with Gasteiger partial charge in [-0.05, 0) is 19.1 Å². The Kier molecular flexibility index (Phi) is 5.08. The van der Waals surface area contributed by atoms with Gasteiger partial charge in [0.25, 0.3) is 5.91 Å². The maximum Gasteiger partial charge on any atom is 0.270 e. The van der Waals surface area contributed by atoms with Crippen molar-refractivity contribution in [2.24, 2.45) is 0 Å². The van der Waals surface area contributed by atoms with Crippen LogP contribution < -0.4 is 15.4 Å². The average Bonchev–Trinajstić information content (AvgIpc) is 2.52. The highest BCUT2D eigenvalue weighted by Gasteiger charge is 2.10. The highest BCUT2D eigenvalue weighted by molar-refractivity contribution is 5.93. The number of benzene rings is 1. The van der Waals surface area contributed by atoms with Crippen LogP contribution in [-0.2, 0) is 0 Å². The summed E-state index contributed by atoms with van der Waals surface area (Å²) in [5.41, 5.74) is 1.12. The second-order valence-electron chi connectivity index (χ2n) is 4.54. The molecule has 0 aliphatic rings. The van der Waals surface area contributed by atoms with Crippen LogP contribution in [0.3, 0.4) is 0 Å². The average molecular weight is 298 g/mol. The number of aryl methyl sites for hydroxylation is 1. The van der Waals surface area contributed by atoms with E-state index in [9.17, 15) is 4.79 Å². The lowest BCUT2D eigenvalue weighted by atomic mass is 10.3. The second kappa shape index (κ2) is 7.21. The zero-order valence-corrected chi connectivity index (χ0v) is 12.6. The molecule has 2 N–H and O–H groups in total. The lowest BCUT2D eigenvalue weighted by Gasteiger charge is -2.09. The van der Waals surface area contributed by atoms with Gasteiger partial charge in [0.15, 0.2) is 0 Å². The lowest BCUT2D eigenvalue weighted by molar-refractivity contribution is 0.0952. The zero-order chi connectivity index (χ0) is 15.9. The van der Waals surface area contributed by atoms with Crippen molar-refractivity contribution in [2.75, 3.05) is 19.0 Å². The normalized spacial score (nSPS) is 9.91. The van der Waals surface area contributed by atoms with Crippen LogP contribution in [0.5, 0.6) is 5.75 Å². The van der Waals surface area contributed by atoms with Crippen molar-refractivity contribution in [3.05, 3.63) is 54.5 Å². The topological polar surface area (TPSA) is 76.1 Å². The third-order valence-corrected chi connectivity index (χ3v) is 2.82. The summed E-state index contributed by atoms with van der Waals surface area (Å²) in [5.74, 6) is 1.53. The van der Waals surface area contributed by atoms with Gasteiger partial charge < -0.3 is 15.4 Å². The van der Waals surface area contributed by atoms with Crippen LogP contribution in [0, 0.1) is 6.92 Å². The van der Waals surface area contributed by atoms with Crippen LogP contribution in [0.15, 0.2) is 43.0 Å². The number of anilines is 2. The summed E-state index contributed by atoms with van der Waals surface area (Å²) >= 11 is 0. The quantitative estimate of drug-likeness (QED) is 0.801. The second-order valence-corrected chi connectivity index (χ2v) is 4.54. The number of carbonyl (C=O) groups is 1. The van der Waals surface area contributed by atoms with Gasteiger partial charge in [-0.2, -0.15) is 0 Å². The highest BCUT2D eigenvalue weighted by Crippen LogP contribution is 2.20. The molecular formula is C16H18N4O2. The number of rotatable bonds is 6. The summed E-state index contributed by atoms with van der Waals surface area (Å²) in [6.45, 7) is 5.69. The first kappa shape index (κ1) is 15.5. The molecule has 22 heavy (non-hydrogen) atoms. The third-order valence-electron chi connectivity index (χ3n) is 2.82. The summed E-state index contributed by atoms with van der Waals surface area (Å²) in [5, 5.41) is 5.83. The standard InChI is InChI=1S/C16H18N4O2/c1-4-8-17-16(21)14-10-15(19-11(2)18-14)20-12-6-5-7-13(9-12)22-3/h4-7,9-10H,1,8H2,2-3H3,(H,17,21)(H,18,19,20). The predicted molar refractivity (Wildman–Crippen MR) is 85.6 cm³/mol. The van der Waals surface area contributed by atoms with Gasteiger partial charge in [0.1, 0.15) is 23.1 Å². The molecule has 1 amide bonds. The van der Waals surface area contributed by atoms with E-state index in [4.69, 9.17) is 4.74 Å². The Hall–Kier alpha value is -2.89.